The van der Waals surface area contributed by atoms with E-state index in [1.54, 1.807) is 12.1 Å². The van der Waals surface area contributed by atoms with Crippen molar-refractivity contribution in [2.45, 2.75) is 31.3 Å². The van der Waals surface area contributed by atoms with Crippen molar-refractivity contribution in [3.05, 3.63) is 29.6 Å². The molecule has 5 heteroatoms. The van der Waals surface area contributed by atoms with Gasteiger partial charge in [-0.25, -0.2) is 9.78 Å². The molecule has 1 rings (SSSR count). The van der Waals surface area contributed by atoms with Crippen molar-refractivity contribution in [1.82, 2.24) is 4.98 Å². The van der Waals surface area contributed by atoms with Crippen LogP contribution in [0.3, 0.4) is 0 Å². The van der Waals surface area contributed by atoms with Gasteiger partial charge in [-0.1, -0.05) is 19.9 Å². The number of carboxylic acids is 1. The van der Waals surface area contributed by atoms with Crippen LogP contribution in [0.15, 0.2) is 18.2 Å². The number of aromatic nitrogens is 1. The van der Waals surface area contributed by atoms with Crippen LogP contribution >= 0.6 is 0 Å². The molecule has 4 nitrogen and oxygen atoms in total. The summed E-state index contributed by atoms with van der Waals surface area (Å²) in [6.07, 6.45) is 0.839. The van der Waals surface area contributed by atoms with Gasteiger partial charge in [0.05, 0.1) is 11.4 Å². The number of hydrogen-bond acceptors (Lipinski definition) is 3. The molecule has 88 valence electrons. The summed E-state index contributed by atoms with van der Waals surface area (Å²) in [5, 5.41) is 8.87. The first kappa shape index (κ1) is 12.8. The van der Waals surface area contributed by atoms with Crippen LogP contribution in [0.25, 0.3) is 0 Å². The second-order valence-electron chi connectivity index (χ2n) is 3.56. The molecular weight excluding hydrogens is 226 g/mol. The highest BCUT2D eigenvalue weighted by Crippen LogP contribution is 2.08. The Hall–Kier alpha value is -1.23. The first-order valence-corrected chi connectivity index (χ1v) is 6.49. The summed E-state index contributed by atoms with van der Waals surface area (Å²) in [6.45, 7) is 3.89. The fourth-order valence-electron chi connectivity index (χ4n) is 1.15. The van der Waals surface area contributed by atoms with E-state index in [1.807, 2.05) is 13.8 Å². The largest absolute Gasteiger partial charge is 0.477 e. The van der Waals surface area contributed by atoms with Gasteiger partial charge in [0.1, 0.15) is 5.69 Å². The van der Waals surface area contributed by atoms with E-state index in [1.165, 1.54) is 6.07 Å². The Kier molecular flexibility index (Phi) is 4.61. The van der Waals surface area contributed by atoms with Gasteiger partial charge in [-0.2, -0.15) is 0 Å². The summed E-state index contributed by atoms with van der Waals surface area (Å²) in [4.78, 5) is 14.6. The van der Waals surface area contributed by atoms with E-state index in [0.29, 0.717) is 11.4 Å². The summed E-state index contributed by atoms with van der Waals surface area (Å²) in [5.74, 6) is -0.743. The first-order chi connectivity index (χ1) is 7.54. The van der Waals surface area contributed by atoms with E-state index in [0.717, 1.165) is 6.42 Å². The maximum Gasteiger partial charge on any atom is 0.354 e. The summed E-state index contributed by atoms with van der Waals surface area (Å²) >= 11 is 0. The summed E-state index contributed by atoms with van der Waals surface area (Å²) in [5.41, 5.74) is 0.567. The Labute approximate surface area is 97.2 Å². The quantitative estimate of drug-likeness (QED) is 0.854. The molecule has 0 radical (unpaired) electrons. The van der Waals surface area contributed by atoms with E-state index in [2.05, 4.69) is 4.98 Å². The molecule has 0 aromatic carbocycles. The summed E-state index contributed by atoms with van der Waals surface area (Å²) in [7, 11) is -0.993. The van der Waals surface area contributed by atoms with Crippen LogP contribution in [-0.4, -0.2) is 25.5 Å². The predicted molar refractivity (Wildman–Crippen MR) is 62.8 cm³/mol. The van der Waals surface area contributed by atoms with Gasteiger partial charge in [0.25, 0.3) is 0 Å². The molecule has 0 spiro atoms. The SMILES string of the molecule is CCC(C)S(=O)Cc1cccc(C(=O)O)n1. The van der Waals surface area contributed by atoms with Gasteiger partial charge in [0, 0.05) is 16.0 Å². The molecule has 0 fully saturated rings. The van der Waals surface area contributed by atoms with Crippen LogP contribution in [0.4, 0.5) is 0 Å². The zero-order valence-electron chi connectivity index (χ0n) is 9.34. The molecule has 2 atom stereocenters. The van der Waals surface area contributed by atoms with Gasteiger partial charge < -0.3 is 5.11 Å². The zero-order chi connectivity index (χ0) is 12.1. The maximum absolute atomic E-state index is 11.7. The number of carbonyl (C=O) groups is 1. The predicted octanol–water partition coefficient (Wildman–Crippen LogP) is 1.83. The molecule has 1 heterocycles. The molecular formula is C11H15NO3S. The van der Waals surface area contributed by atoms with Crippen LogP contribution in [0.2, 0.25) is 0 Å². The minimum atomic E-state index is -1.06. The smallest absolute Gasteiger partial charge is 0.354 e. The van der Waals surface area contributed by atoms with Gasteiger partial charge in [-0.05, 0) is 18.6 Å². The van der Waals surface area contributed by atoms with Crippen molar-refractivity contribution in [2.24, 2.45) is 0 Å². The molecule has 1 aromatic heterocycles. The van der Waals surface area contributed by atoms with Crippen LogP contribution < -0.4 is 0 Å². The third-order valence-corrected chi connectivity index (χ3v) is 4.15. The topological polar surface area (TPSA) is 67.3 Å². The Morgan fingerprint density at radius 3 is 2.81 bits per heavy atom. The molecule has 0 saturated carbocycles. The number of aromatic carboxylic acids is 1. The standard InChI is InChI=1S/C11H15NO3S/c1-3-8(2)16(15)7-9-5-4-6-10(12-9)11(13)14/h4-6,8H,3,7H2,1-2H3,(H,13,14). The molecule has 2 unspecified atom stereocenters. The normalized spacial score (nSPS) is 14.4. The first-order valence-electron chi connectivity index (χ1n) is 5.11. The second kappa shape index (κ2) is 5.75. The monoisotopic (exact) mass is 241 g/mol. The summed E-state index contributed by atoms with van der Waals surface area (Å²) < 4.78 is 11.7. The zero-order valence-corrected chi connectivity index (χ0v) is 10.2. The highest BCUT2D eigenvalue weighted by atomic mass is 32.2. The molecule has 1 N–H and O–H groups in total. The van der Waals surface area contributed by atoms with Gasteiger partial charge in [-0.3, -0.25) is 4.21 Å². The maximum atomic E-state index is 11.7. The van der Waals surface area contributed by atoms with Crippen LogP contribution in [0.1, 0.15) is 36.5 Å². The van der Waals surface area contributed by atoms with Crippen molar-refractivity contribution in [1.29, 1.82) is 0 Å². The van der Waals surface area contributed by atoms with Crippen LogP contribution in [0.5, 0.6) is 0 Å². The van der Waals surface area contributed by atoms with Crippen LogP contribution in [-0.2, 0) is 16.6 Å². The molecule has 0 saturated heterocycles. The van der Waals surface area contributed by atoms with Gasteiger partial charge in [0.15, 0.2) is 0 Å². The lowest BCUT2D eigenvalue weighted by Crippen LogP contribution is -2.13. The van der Waals surface area contributed by atoms with Gasteiger partial charge >= 0.3 is 5.97 Å². The lowest BCUT2D eigenvalue weighted by atomic mass is 10.3. The van der Waals surface area contributed by atoms with Gasteiger partial charge in [0.2, 0.25) is 0 Å². The molecule has 0 aliphatic carbocycles. The molecule has 0 amide bonds. The third kappa shape index (κ3) is 3.41. The Morgan fingerprint density at radius 2 is 2.25 bits per heavy atom. The van der Waals surface area contributed by atoms with Crippen molar-refractivity contribution in [2.75, 3.05) is 0 Å². The highest BCUT2D eigenvalue weighted by molar-refractivity contribution is 7.84. The number of nitrogens with zero attached hydrogens (tertiary/aromatic N) is 1. The van der Waals surface area contributed by atoms with E-state index in [4.69, 9.17) is 5.11 Å². The van der Waals surface area contributed by atoms with E-state index in [9.17, 15) is 9.00 Å². The molecule has 0 aliphatic heterocycles. The molecule has 0 aliphatic rings. The lowest BCUT2D eigenvalue weighted by molar-refractivity contribution is 0.0690. The van der Waals surface area contributed by atoms with Crippen molar-refractivity contribution < 1.29 is 14.1 Å². The third-order valence-electron chi connectivity index (χ3n) is 2.34. The Bertz CT molecular complexity index is 406. The summed E-state index contributed by atoms with van der Waals surface area (Å²) in [6, 6.07) is 4.75. The number of pyridine rings is 1. The Balaban J connectivity index is 2.78. The molecule has 16 heavy (non-hydrogen) atoms. The van der Waals surface area contributed by atoms with Crippen molar-refractivity contribution >= 4 is 16.8 Å². The van der Waals surface area contributed by atoms with E-state index in [-0.39, 0.29) is 10.9 Å². The van der Waals surface area contributed by atoms with Crippen LogP contribution in [0, 0.1) is 0 Å². The number of hydrogen-bond donors (Lipinski definition) is 1. The fourth-order valence-corrected chi connectivity index (χ4v) is 2.26. The average Bonchev–Trinajstić information content (AvgIpc) is 2.28. The number of carboxylic acid groups (broad SMARTS) is 1. The minimum absolute atomic E-state index is 0.00125. The fraction of sp³-hybridized carbons (Fsp3) is 0.455. The van der Waals surface area contributed by atoms with Gasteiger partial charge in [-0.15, -0.1) is 0 Å². The molecule has 0 bridgehead atoms. The highest BCUT2D eigenvalue weighted by Gasteiger charge is 2.11. The number of rotatable bonds is 5. The molecule has 1 aromatic rings. The minimum Gasteiger partial charge on any atom is -0.477 e. The van der Waals surface area contributed by atoms with E-state index >= 15 is 0 Å². The van der Waals surface area contributed by atoms with Crippen molar-refractivity contribution in [3.8, 4) is 0 Å². The average molecular weight is 241 g/mol. The van der Waals surface area contributed by atoms with E-state index < -0.39 is 16.8 Å². The van der Waals surface area contributed by atoms with Crippen molar-refractivity contribution in [3.63, 3.8) is 0 Å². The Morgan fingerprint density at radius 1 is 1.56 bits per heavy atom. The lowest BCUT2D eigenvalue weighted by Gasteiger charge is -2.08. The second-order valence-corrected chi connectivity index (χ2v) is 5.42.